The van der Waals surface area contributed by atoms with Crippen molar-refractivity contribution in [2.75, 3.05) is 0 Å². The number of benzene rings is 1. The molecule has 1 atom stereocenters. The van der Waals surface area contributed by atoms with Gasteiger partial charge in [0.1, 0.15) is 11.4 Å². The van der Waals surface area contributed by atoms with Crippen LogP contribution in [0.4, 0.5) is 0 Å². The van der Waals surface area contributed by atoms with Crippen LogP contribution in [0.5, 0.6) is 5.75 Å². The molecular weight excluding hydrogens is 186 g/mol. The zero-order chi connectivity index (χ0) is 10.5. The minimum Gasteiger partial charge on any atom is -0.487 e. The quantitative estimate of drug-likeness (QED) is 0.703. The molecule has 0 amide bonds. The van der Waals surface area contributed by atoms with Crippen molar-refractivity contribution < 1.29 is 4.74 Å². The number of hydrogen-bond donors (Lipinski definition) is 1. The average Bonchev–Trinajstić information content (AvgIpc) is 2.16. The lowest BCUT2D eigenvalue weighted by atomic mass is 9.67. The van der Waals surface area contributed by atoms with E-state index in [9.17, 15) is 0 Å². The Labute approximate surface area is 90.4 Å². The summed E-state index contributed by atoms with van der Waals surface area (Å²) in [4.78, 5) is 0. The standard InChI is InChI=1S/C13H17NO/c1-9-6-13(7-9)8-11(14)10-4-2-3-5-12(10)15-13/h2-5,9,11H,6-8,14H2,1H3. The van der Waals surface area contributed by atoms with Crippen LogP contribution in [-0.4, -0.2) is 5.60 Å². The molecule has 0 saturated heterocycles. The average molecular weight is 203 g/mol. The van der Waals surface area contributed by atoms with Gasteiger partial charge in [-0.1, -0.05) is 25.1 Å². The highest BCUT2D eigenvalue weighted by Crippen LogP contribution is 2.50. The largest absolute Gasteiger partial charge is 0.487 e. The maximum atomic E-state index is 6.20. The maximum absolute atomic E-state index is 6.20. The first-order valence-electron chi connectivity index (χ1n) is 5.72. The molecule has 15 heavy (non-hydrogen) atoms. The van der Waals surface area contributed by atoms with Crippen molar-refractivity contribution in [1.29, 1.82) is 0 Å². The third kappa shape index (κ3) is 1.36. The lowest BCUT2D eigenvalue weighted by molar-refractivity contribution is -0.0657. The van der Waals surface area contributed by atoms with Crippen LogP contribution >= 0.6 is 0 Å². The molecule has 2 heteroatoms. The highest BCUT2D eigenvalue weighted by molar-refractivity contribution is 5.39. The number of rotatable bonds is 0. The highest BCUT2D eigenvalue weighted by atomic mass is 16.5. The zero-order valence-corrected chi connectivity index (χ0v) is 9.07. The smallest absolute Gasteiger partial charge is 0.124 e. The van der Waals surface area contributed by atoms with Crippen LogP contribution < -0.4 is 10.5 Å². The van der Waals surface area contributed by atoms with Gasteiger partial charge in [0, 0.05) is 18.0 Å². The molecule has 1 unspecified atom stereocenters. The van der Waals surface area contributed by atoms with Gasteiger partial charge in [0.25, 0.3) is 0 Å². The van der Waals surface area contributed by atoms with E-state index in [2.05, 4.69) is 13.0 Å². The molecule has 1 fully saturated rings. The Balaban J connectivity index is 1.93. The molecule has 80 valence electrons. The molecular formula is C13H17NO. The summed E-state index contributed by atoms with van der Waals surface area (Å²) in [6.45, 7) is 2.28. The van der Waals surface area contributed by atoms with E-state index in [1.165, 1.54) is 5.56 Å². The molecule has 1 heterocycles. The van der Waals surface area contributed by atoms with Crippen molar-refractivity contribution >= 4 is 0 Å². The lowest BCUT2D eigenvalue weighted by Gasteiger charge is -2.50. The molecule has 1 aromatic carbocycles. The molecule has 1 spiro atoms. The Morgan fingerprint density at radius 2 is 2.00 bits per heavy atom. The fraction of sp³-hybridized carbons (Fsp3) is 0.538. The van der Waals surface area contributed by atoms with Crippen molar-refractivity contribution in [2.24, 2.45) is 11.7 Å². The van der Waals surface area contributed by atoms with E-state index in [0.717, 1.165) is 30.9 Å². The van der Waals surface area contributed by atoms with Crippen LogP contribution in [-0.2, 0) is 0 Å². The summed E-state index contributed by atoms with van der Waals surface area (Å²) in [6.07, 6.45) is 3.30. The highest BCUT2D eigenvalue weighted by Gasteiger charge is 2.48. The Kier molecular flexibility index (Phi) is 1.84. The fourth-order valence-corrected chi connectivity index (χ4v) is 3.13. The fourth-order valence-electron chi connectivity index (χ4n) is 3.13. The third-order valence-corrected chi connectivity index (χ3v) is 3.68. The van der Waals surface area contributed by atoms with Crippen LogP contribution in [0.1, 0.15) is 37.8 Å². The molecule has 0 bridgehead atoms. The van der Waals surface area contributed by atoms with Gasteiger partial charge < -0.3 is 10.5 Å². The number of nitrogens with two attached hydrogens (primary N) is 1. The Morgan fingerprint density at radius 3 is 2.73 bits per heavy atom. The summed E-state index contributed by atoms with van der Waals surface area (Å²) in [5.41, 5.74) is 7.43. The molecule has 0 radical (unpaired) electrons. The van der Waals surface area contributed by atoms with Crippen molar-refractivity contribution in [2.45, 2.75) is 37.8 Å². The number of ether oxygens (including phenoxy) is 1. The summed E-state index contributed by atoms with van der Waals surface area (Å²) < 4.78 is 6.12. The van der Waals surface area contributed by atoms with E-state index in [-0.39, 0.29) is 11.6 Å². The molecule has 3 rings (SSSR count). The summed E-state index contributed by atoms with van der Waals surface area (Å²) in [6, 6.07) is 8.33. The number of para-hydroxylation sites is 1. The monoisotopic (exact) mass is 203 g/mol. The van der Waals surface area contributed by atoms with Crippen LogP contribution in [0.15, 0.2) is 24.3 Å². The minimum atomic E-state index is 0.0627. The Bertz CT molecular complexity index is 382. The summed E-state index contributed by atoms with van der Waals surface area (Å²) in [5, 5.41) is 0. The van der Waals surface area contributed by atoms with Crippen LogP contribution in [0, 0.1) is 5.92 Å². The molecule has 1 saturated carbocycles. The van der Waals surface area contributed by atoms with Crippen molar-refractivity contribution in [3.63, 3.8) is 0 Å². The van der Waals surface area contributed by atoms with E-state index in [1.807, 2.05) is 18.2 Å². The minimum absolute atomic E-state index is 0.0627. The molecule has 1 aliphatic heterocycles. The number of hydrogen-bond acceptors (Lipinski definition) is 2. The van der Waals surface area contributed by atoms with Gasteiger partial charge in [0.2, 0.25) is 0 Å². The number of fused-ring (bicyclic) bond motifs is 1. The zero-order valence-electron chi connectivity index (χ0n) is 9.07. The summed E-state index contributed by atoms with van der Waals surface area (Å²) >= 11 is 0. The Hall–Kier alpha value is -1.02. The predicted molar refractivity (Wildman–Crippen MR) is 59.7 cm³/mol. The van der Waals surface area contributed by atoms with Crippen molar-refractivity contribution in [3.8, 4) is 5.75 Å². The predicted octanol–water partition coefficient (Wildman–Crippen LogP) is 2.64. The first-order chi connectivity index (χ1) is 7.19. The van der Waals surface area contributed by atoms with Gasteiger partial charge in [0.15, 0.2) is 0 Å². The van der Waals surface area contributed by atoms with Gasteiger partial charge >= 0.3 is 0 Å². The molecule has 2 N–H and O–H groups in total. The second-order valence-corrected chi connectivity index (χ2v) is 5.15. The lowest BCUT2D eigenvalue weighted by Crippen LogP contribution is -2.52. The van der Waals surface area contributed by atoms with Gasteiger partial charge in [-0.15, -0.1) is 0 Å². The van der Waals surface area contributed by atoms with Crippen molar-refractivity contribution in [1.82, 2.24) is 0 Å². The third-order valence-electron chi connectivity index (χ3n) is 3.68. The first-order valence-corrected chi connectivity index (χ1v) is 5.72. The van der Waals surface area contributed by atoms with E-state index < -0.39 is 0 Å². The first kappa shape index (κ1) is 9.22. The van der Waals surface area contributed by atoms with Crippen molar-refractivity contribution in [3.05, 3.63) is 29.8 Å². The van der Waals surface area contributed by atoms with Gasteiger partial charge in [-0.2, -0.15) is 0 Å². The maximum Gasteiger partial charge on any atom is 0.124 e. The van der Waals surface area contributed by atoms with Gasteiger partial charge in [0.05, 0.1) is 0 Å². The van der Waals surface area contributed by atoms with Gasteiger partial charge in [-0.05, 0) is 24.8 Å². The van der Waals surface area contributed by atoms with Gasteiger partial charge in [-0.3, -0.25) is 0 Å². The Morgan fingerprint density at radius 1 is 1.27 bits per heavy atom. The second kappa shape index (κ2) is 2.99. The van der Waals surface area contributed by atoms with E-state index in [4.69, 9.17) is 10.5 Å². The SMILES string of the molecule is CC1CC2(C1)CC(N)c1ccccc1O2. The summed E-state index contributed by atoms with van der Waals surface area (Å²) in [7, 11) is 0. The molecule has 2 nitrogen and oxygen atoms in total. The van der Waals surface area contributed by atoms with Crippen LogP contribution in [0.3, 0.4) is 0 Å². The molecule has 2 aliphatic rings. The van der Waals surface area contributed by atoms with E-state index in [0.29, 0.717) is 0 Å². The van der Waals surface area contributed by atoms with E-state index in [1.54, 1.807) is 0 Å². The summed E-state index contributed by atoms with van der Waals surface area (Å²) in [5.74, 6) is 1.80. The molecule has 1 aliphatic carbocycles. The topological polar surface area (TPSA) is 35.2 Å². The normalized spacial score (nSPS) is 38.0. The van der Waals surface area contributed by atoms with Crippen LogP contribution in [0.25, 0.3) is 0 Å². The second-order valence-electron chi connectivity index (χ2n) is 5.15. The van der Waals surface area contributed by atoms with E-state index >= 15 is 0 Å². The molecule has 1 aromatic rings. The van der Waals surface area contributed by atoms with Gasteiger partial charge in [-0.25, -0.2) is 0 Å². The molecule has 0 aromatic heterocycles. The van der Waals surface area contributed by atoms with Crippen LogP contribution in [0.2, 0.25) is 0 Å².